The second-order valence-electron chi connectivity index (χ2n) is 4.47. The summed E-state index contributed by atoms with van der Waals surface area (Å²) in [5, 5.41) is 8.48. The maximum absolute atomic E-state index is 12.2. The number of anilines is 2. The van der Waals surface area contributed by atoms with E-state index in [1.807, 2.05) is 9.47 Å². The van der Waals surface area contributed by atoms with Gasteiger partial charge in [-0.05, 0) is 11.5 Å². The van der Waals surface area contributed by atoms with E-state index in [1.165, 1.54) is 0 Å². The minimum atomic E-state index is -3.39. The molecule has 3 heterocycles. The second kappa shape index (κ2) is 4.70. The highest BCUT2D eigenvalue weighted by Crippen LogP contribution is 2.36. The maximum atomic E-state index is 12.2. The van der Waals surface area contributed by atoms with Crippen LogP contribution in [-0.2, 0) is 22.9 Å². The predicted molar refractivity (Wildman–Crippen MR) is 75.3 cm³/mol. The molecule has 0 aliphatic carbocycles. The van der Waals surface area contributed by atoms with Gasteiger partial charge in [-0.1, -0.05) is 6.92 Å². The van der Waals surface area contributed by atoms with Crippen molar-refractivity contribution in [2.45, 2.75) is 24.9 Å². The molecule has 8 nitrogen and oxygen atoms in total. The van der Waals surface area contributed by atoms with Crippen LogP contribution in [-0.4, -0.2) is 39.9 Å². The van der Waals surface area contributed by atoms with Crippen molar-refractivity contribution < 1.29 is 8.42 Å². The molecule has 108 valence electrons. The summed E-state index contributed by atoms with van der Waals surface area (Å²) in [7, 11) is -3.39. The number of fused-ring (bicyclic) bond motifs is 1. The van der Waals surface area contributed by atoms with Crippen molar-refractivity contribution in [2.24, 2.45) is 0 Å². The van der Waals surface area contributed by atoms with E-state index in [4.69, 9.17) is 5.73 Å². The fourth-order valence-electron chi connectivity index (χ4n) is 2.16. The highest BCUT2D eigenvalue weighted by atomic mass is 32.2. The first-order valence-electron chi connectivity index (χ1n) is 6.12. The standard InChI is InChI=1S/C10H14N6O2S2/c1-2-20(17,18)8-9(11)14-19-10(8)15-3-4-16-6-12-13-7(16)5-15/h6H,2-5H2,1H3,(H2,11,14). The predicted octanol–water partition coefficient (Wildman–Crippen LogP) is 0.131. The Bertz CT molecular complexity index is 735. The second-order valence-corrected chi connectivity index (χ2v) is 7.43. The van der Waals surface area contributed by atoms with Crippen LogP contribution in [0.3, 0.4) is 0 Å². The Morgan fingerprint density at radius 1 is 1.45 bits per heavy atom. The van der Waals surface area contributed by atoms with Crippen LogP contribution in [0.5, 0.6) is 0 Å². The molecule has 2 aromatic heterocycles. The van der Waals surface area contributed by atoms with E-state index in [0.717, 1.165) is 17.4 Å². The first kappa shape index (κ1) is 13.3. The van der Waals surface area contributed by atoms with E-state index in [1.54, 1.807) is 13.3 Å². The van der Waals surface area contributed by atoms with Gasteiger partial charge in [0.25, 0.3) is 0 Å². The van der Waals surface area contributed by atoms with Gasteiger partial charge in [0, 0.05) is 13.1 Å². The summed E-state index contributed by atoms with van der Waals surface area (Å²) in [6, 6.07) is 0. The quantitative estimate of drug-likeness (QED) is 0.858. The molecule has 2 aromatic rings. The first-order chi connectivity index (χ1) is 9.53. The SMILES string of the molecule is CCS(=O)(=O)c1c(N)nsc1N1CCn2cnnc2C1. The van der Waals surface area contributed by atoms with Gasteiger partial charge in [-0.3, -0.25) is 0 Å². The Labute approximate surface area is 120 Å². The number of hydrogen-bond donors (Lipinski definition) is 1. The van der Waals surface area contributed by atoms with E-state index < -0.39 is 9.84 Å². The largest absolute Gasteiger partial charge is 0.382 e. The molecule has 0 saturated carbocycles. The molecule has 0 unspecified atom stereocenters. The maximum Gasteiger partial charge on any atom is 0.184 e. The van der Waals surface area contributed by atoms with Gasteiger partial charge >= 0.3 is 0 Å². The molecule has 0 spiro atoms. The monoisotopic (exact) mass is 314 g/mol. The molecule has 20 heavy (non-hydrogen) atoms. The minimum Gasteiger partial charge on any atom is -0.382 e. The Kier molecular flexibility index (Phi) is 3.13. The molecule has 0 bridgehead atoms. The average Bonchev–Trinajstić information content (AvgIpc) is 3.04. The van der Waals surface area contributed by atoms with Crippen LogP contribution in [0.2, 0.25) is 0 Å². The third-order valence-corrected chi connectivity index (χ3v) is 6.11. The molecule has 3 rings (SSSR count). The molecule has 10 heteroatoms. The third-order valence-electron chi connectivity index (χ3n) is 3.27. The van der Waals surface area contributed by atoms with Crippen molar-refractivity contribution in [3.05, 3.63) is 12.2 Å². The van der Waals surface area contributed by atoms with Crippen LogP contribution in [0.1, 0.15) is 12.7 Å². The van der Waals surface area contributed by atoms with E-state index in [0.29, 0.717) is 24.6 Å². The number of aromatic nitrogens is 4. The van der Waals surface area contributed by atoms with Gasteiger partial charge in [-0.15, -0.1) is 10.2 Å². The van der Waals surface area contributed by atoms with E-state index in [9.17, 15) is 8.42 Å². The number of hydrogen-bond acceptors (Lipinski definition) is 8. The van der Waals surface area contributed by atoms with Crippen LogP contribution in [0.25, 0.3) is 0 Å². The van der Waals surface area contributed by atoms with Gasteiger partial charge in [0.05, 0.1) is 12.3 Å². The summed E-state index contributed by atoms with van der Waals surface area (Å²) < 4.78 is 30.3. The smallest absolute Gasteiger partial charge is 0.184 e. The number of nitrogens with zero attached hydrogens (tertiary/aromatic N) is 5. The van der Waals surface area contributed by atoms with Crippen LogP contribution in [0, 0.1) is 0 Å². The van der Waals surface area contributed by atoms with Crippen LogP contribution in [0.15, 0.2) is 11.2 Å². The average molecular weight is 314 g/mol. The summed E-state index contributed by atoms with van der Waals surface area (Å²) in [4.78, 5) is 2.10. The molecule has 0 saturated heterocycles. The fourth-order valence-corrected chi connectivity index (χ4v) is 4.50. The van der Waals surface area contributed by atoms with E-state index >= 15 is 0 Å². The molecule has 0 atom stereocenters. The van der Waals surface area contributed by atoms with Crippen molar-refractivity contribution in [3.63, 3.8) is 0 Å². The number of rotatable bonds is 3. The highest BCUT2D eigenvalue weighted by molar-refractivity contribution is 7.91. The molecule has 0 radical (unpaired) electrons. The number of nitrogens with two attached hydrogens (primary N) is 1. The summed E-state index contributed by atoms with van der Waals surface area (Å²) in [5.41, 5.74) is 5.74. The Morgan fingerprint density at radius 3 is 3.00 bits per heavy atom. The van der Waals surface area contributed by atoms with E-state index in [2.05, 4.69) is 14.6 Å². The Balaban J connectivity index is 2.01. The lowest BCUT2D eigenvalue weighted by molar-refractivity contribution is 0.558. The zero-order valence-electron chi connectivity index (χ0n) is 10.9. The van der Waals surface area contributed by atoms with Crippen molar-refractivity contribution in [3.8, 4) is 0 Å². The topological polar surface area (TPSA) is 107 Å². The highest BCUT2D eigenvalue weighted by Gasteiger charge is 2.29. The first-order valence-corrected chi connectivity index (χ1v) is 8.55. The van der Waals surface area contributed by atoms with Crippen LogP contribution >= 0.6 is 11.5 Å². The van der Waals surface area contributed by atoms with Crippen LogP contribution in [0.4, 0.5) is 10.8 Å². The molecule has 0 aromatic carbocycles. The summed E-state index contributed by atoms with van der Waals surface area (Å²) >= 11 is 1.12. The molecular formula is C10H14N6O2S2. The molecule has 2 N–H and O–H groups in total. The Morgan fingerprint density at radius 2 is 2.25 bits per heavy atom. The number of nitrogen functional groups attached to an aromatic ring is 1. The molecule has 1 aliphatic heterocycles. The summed E-state index contributed by atoms with van der Waals surface area (Å²) in [6.45, 7) is 3.50. The molecule has 1 aliphatic rings. The van der Waals surface area contributed by atoms with Gasteiger partial charge in [0.1, 0.15) is 16.2 Å². The summed E-state index contributed by atoms with van der Waals surface area (Å²) in [5.74, 6) is 0.897. The van der Waals surface area contributed by atoms with Crippen molar-refractivity contribution in [2.75, 3.05) is 22.9 Å². The molecular weight excluding hydrogens is 300 g/mol. The van der Waals surface area contributed by atoms with Gasteiger partial charge in [-0.2, -0.15) is 4.37 Å². The third kappa shape index (κ3) is 2.04. The van der Waals surface area contributed by atoms with E-state index in [-0.39, 0.29) is 16.5 Å². The van der Waals surface area contributed by atoms with Crippen molar-refractivity contribution in [1.82, 2.24) is 19.1 Å². The van der Waals surface area contributed by atoms with Gasteiger partial charge in [-0.25, -0.2) is 8.42 Å². The zero-order chi connectivity index (χ0) is 14.3. The molecule has 0 fully saturated rings. The fraction of sp³-hybridized carbons (Fsp3) is 0.500. The van der Waals surface area contributed by atoms with Gasteiger partial charge in [0.2, 0.25) is 0 Å². The lowest BCUT2D eigenvalue weighted by atomic mass is 10.3. The Hall–Kier alpha value is -1.68. The van der Waals surface area contributed by atoms with Crippen molar-refractivity contribution in [1.29, 1.82) is 0 Å². The van der Waals surface area contributed by atoms with Crippen molar-refractivity contribution >= 4 is 32.2 Å². The molecule has 0 amide bonds. The normalized spacial score (nSPS) is 15.3. The lowest BCUT2D eigenvalue weighted by Crippen LogP contribution is -2.33. The lowest BCUT2D eigenvalue weighted by Gasteiger charge is -2.28. The number of sulfone groups is 1. The minimum absolute atomic E-state index is 0.00658. The van der Waals surface area contributed by atoms with Crippen LogP contribution < -0.4 is 10.6 Å². The van der Waals surface area contributed by atoms with Gasteiger partial charge in [0.15, 0.2) is 21.5 Å². The van der Waals surface area contributed by atoms with Gasteiger partial charge < -0.3 is 15.2 Å². The summed E-state index contributed by atoms with van der Waals surface area (Å²) in [6.07, 6.45) is 1.68. The zero-order valence-corrected chi connectivity index (χ0v) is 12.5.